The molecule has 0 saturated heterocycles. The van der Waals surface area contributed by atoms with Crippen LogP contribution in [-0.2, 0) is 20.7 Å². The number of phenolic OH excluding ortho intramolecular Hbond substituents is 1. The Morgan fingerprint density at radius 2 is 1.79 bits per heavy atom. The lowest BCUT2D eigenvalue weighted by Crippen LogP contribution is -2.63. The number of Topliss-reactive ketones (excluding diaryl/α,β-unsaturated/α-hetero) is 2. The Kier molecular flexibility index (Phi) is 7.48. The van der Waals surface area contributed by atoms with Gasteiger partial charge in [-0.15, -0.1) is 0 Å². The topological polar surface area (TPSA) is 200 Å². The van der Waals surface area contributed by atoms with Gasteiger partial charge < -0.3 is 30.9 Å². The number of anilines is 1. The number of hydrogen-bond donors (Lipinski definition) is 6. The number of aliphatic hydroxyl groups excluding tert-OH is 2. The summed E-state index contributed by atoms with van der Waals surface area (Å²) in [7, 11) is 3.12. The molecule has 4 atom stereocenters. The van der Waals surface area contributed by atoms with Crippen LogP contribution in [0.5, 0.6) is 5.75 Å². The molecule has 5 rings (SSSR count). The van der Waals surface area contributed by atoms with E-state index in [0.717, 1.165) is 0 Å². The number of nitrogens with one attached hydrogen (secondary N) is 1. The Morgan fingerprint density at radius 3 is 2.40 bits per heavy atom. The molecule has 3 aliphatic rings. The second-order valence-electron chi connectivity index (χ2n) is 11.0. The number of nitrogens with two attached hydrogens (primary N) is 1. The number of fused-ring (bicyclic) bond motifs is 3. The molecule has 2 aromatic rings. The summed E-state index contributed by atoms with van der Waals surface area (Å²) < 4.78 is 16.9. The molecular weight excluding hydrogens is 565 g/mol. The molecule has 3 aliphatic carbocycles. The lowest BCUT2D eigenvalue weighted by Gasteiger charge is -2.50. The van der Waals surface area contributed by atoms with Gasteiger partial charge in [0, 0.05) is 17.2 Å². The number of rotatable bonds is 6. The molecule has 7 N–H and O–H groups in total. The summed E-state index contributed by atoms with van der Waals surface area (Å²) in [6.07, 6.45) is -0.742. The third-order valence-electron chi connectivity index (χ3n) is 8.36. The van der Waals surface area contributed by atoms with E-state index in [4.69, 9.17) is 5.73 Å². The number of amides is 2. The Morgan fingerprint density at radius 1 is 1.12 bits per heavy atom. The SMILES string of the molecule is CN(C)[C@H]1C(O)=C(C(N)=O)C(=O)[C@@]2(O)C(O)=C3C(=O)c4c(O)ccc(-c5ccc(NC(=O)OCCF)cc5)c4C[C@@H]3C[C@H]12. The number of nitrogens with zero attached hydrogens (tertiary/aromatic N) is 1. The average molecular weight is 596 g/mol. The molecule has 0 saturated carbocycles. The minimum absolute atomic E-state index is 0.0370. The number of alkyl halides is 1. The van der Waals surface area contributed by atoms with E-state index in [2.05, 4.69) is 10.1 Å². The van der Waals surface area contributed by atoms with Crippen molar-refractivity contribution in [3.8, 4) is 16.9 Å². The van der Waals surface area contributed by atoms with Crippen LogP contribution in [-0.4, -0.2) is 87.9 Å². The van der Waals surface area contributed by atoms with Gasteiger partial charge >= 0.3 is 6.09 Å². The predicted molar refractivity (Wildman–Crippen MR) is 150 cm³/mol. The first-order valence-corrected chi connectivity index (χ1v) is 13.4. The van der Waals surface area contributed by atoms with Crippen LogP contribution in [0.2, 0.25) is 0 Å². The largest absolute Gasteiger partial charge is 0.510 e. The lowest BCUT2D eigenvalue weighted by molar-refractivity contribution is -0.148. The number of carbonyl (C=O) groups excluding carboxylic acids is 4. The maximum Gasteiger partial charge on any atom is 0.411 e. The molecule has 0 bridgehead atoms. The van der Waals surface area contributed by atoms with E-state index < -0.39 is 70.8 Å². The zero-order valence-corrected chi connectivity index (χ0v) is 23.3. The standard InChI is InChI=1S/C30H30FN3O9/c1-34(2)23-18-12-14-11-17-16(13-3-5-15(6-4-13)33-29(41)43-10-9-31)7-8-19(35)21(17)24(36)20(14)26(38)30(18,42)27(39)22(25(23)37)28(32)40/h3-8,14,18,23,35,37-38,42H,9-12H2,1-2H3,(H2,32,40)(H,33,41)/t14-,18-,23-,30+/m1/s1. The summed E-state index contributed by atoms with van der Waals surface area (Å²) in [4.78, 5) is 52.7. The van der Waals surface area contributed by atoms with Crippen LogP contribution in [0.25, 0.3) is 11.1 Å². The van der Waals surface area contributed by atoms with E-state index >= 15 is 0 Å². The summed E-state index contributed by atoms with van der Waals surface area (Å²) in [5.74, 6) is -7.20. The molecule has 12 nitrogen and oxygen atoms in total. The number of benzene rings is 2. The maximum atomic E-state index is 13.9. The Bertz CT molecular complexity index is 1620. The Labute approximate surface area is 244 Å². The van der Waals surface area contributed by atoms with Crippen LogP contribution in [0.1, 0.15) is 22.3 Å². The van der Waals surface area contributed by atoms with Gasteiger partial charge in [-0.1, -0.05) is 18.2 Å². The first kappa shape index (κ1) is 29.7. The summed E-state index contributed by atoms with van der Waals surface area (Å²) in [6, 6.07) is 8.33. The summed E-state index contributed by atoms with van der Waals surface area (Å²) in [6.45, 7) is -1.19. The third-order valence-corrected chi connectivity index (χ3v) is 8.36. The number of ketones is 2. The number of hydrogen-bond acceptors (Lipinski definition) is 10. The zero-order chi connectivity index (χ0) is 31.4. The second kappa shape index (κ2) is 10.8. The molecule has 0 aromatic heterocycles. The Balaban J connectivity index is 1.58. The number of ether oxygens (including phenoxy) is 1. The summed E-state index contributed by atoms with van der Waals surface area (Å²) >= 11 is 0. The molecule has 0 fully saturated rings. The molecule has 0 unspecified atom stereocenters. The van der Waals surface area contributed by atoms with Crippen molar-refractivity contribution >= 4 is 29.3 Å². The van der Waals surface area contributed by atoms with E-state index in [1.54, 1.807) is 44.4 Å². The van der Waals surface area contributed by atoms with Crippen molar-refractivity contribution in [2.24, 2.45) is 17.6 Å². The van der Waals surface area contributed by atoms with Crippen LogP contribution in [0.3, 0.4) is 0 Å². The highest BCUT2D eigenvalue weighted by Gasteiger charge is 2.63. The molecular formula is C30H30FN3O9. The number of halogens is 1. The predicted octanol–water partition coefficient (Wildman–Crippen LogP) is 2.31. The fraction of sp³-hybridized carbons (Fsp3) is 0.333. The quantitative estimate of drug-likeness (QED) is 0.269. The number of phenols is 1. The van der Waals surface area contributed by atoms with Gasteiger partial charge in [-0.2, -0.15) is 0 Å². The van der Waals surface area contributed by atoms with E-state index in [1.165, 1.54) is 11.0 Å². The van der Waals surface area contributed by atoms with Gasteiger partial charge in [0.25, 0.3) is 5.91 Å². The highest BCUT2D eigenvalue weighted by molar-refractivity contribution is 6.25. The van der Waals surface area contributed by atoms with E-state index in [1.807, 2.05) is 0 Å². The highest BCUT2D eigenvalue weighted by atomic mass is 19.1. The van der Waals surface area contributed by atoms with Crippen molar-refractivity contribution in [1.82, 2.24) is 4.90 Å². The fourth-order valence-corrected chi connectivity index (χ4v) is 6.54. The molecule has 43 heavy (non-hydrogen) atoms. The van der Waals surface area contributed by atoms with Crippen LogP contribution >= 0.6 is 0 Å². The van der Waals surface area contributed by atoms with Gasteiger partial charge in [0.2, 0.25) is 5.78 Å². The van der Waals surface area contributed by atoms with Gasteiger partial charge in [0.05, 0.1) is 11.6 Å². The molecule has 0 heterocycles. The highest BCUT2D eigenvalue weighted by Crippen LogP contribution is 2.53. The molecule has 0 radical (unpaired) electrons. The van der Waals surface area contributed by atoms with Crippen molar-refractivity contribution in [3.63, 3.8) is 0 Å². The number of likely N-dealkylation sites (N-methyl/N-ethyl adjacent to an activating group) is 1. The number of primary amides is 1. The zero-order valence-electron chi connectivity index (χ0n) is 23.3. The number of aliphatic hydroxyl groups is 3. The van der Waals surface area contributed by atoms with Crippen LogP contribution in [0.15, 0.2) is 59.1 Å². The molecule has 2 aromatic carbocycles. The lowest BCUT2D eigenvalue weighted by atomic mass is 9.58. The van der Waals surface area contributed by atoms with Crippen molar-refractivity contribution in [2.45, 2.75) is 24.5 Å². The fourth-order valence-electron chi connectivity index (χ4n) is 6.54. The first-order chi connectivity index (χ1) is 20.3. The number of aromatic hydroxyl groups is 1. The normalized spacial score (nSPS) is 24.8. The van der Waals surface area contributed by atoms with Crippen molar-refractivity contribution in [3.05, 3.63) is 70.2 Å². The minimum atomic E-state index is -2.72. The molecule has 2 amide bonds. The second-order valence-corrected chi connectivity index (χ2v) is 11.0. The smallest absolute Gasteiger partial charge is 0.411 e. The number of carbonyl (C=O) groups is 4. The molecule has 0 aliphatic heterocycles. The third kappa shape index (κ3) is 4.61. The van der Waals surface area contributed by atoms with Crippen LogP contribution in [0, 0.1) is 11.8 Å². The van der Waals surface area contributed by atoms with Crippen molar-refractivity contribution in [2.75, 3.05) is 32.7 Å². The van der Waals surface area contributed by atoms with Crippen molar-refractivity contribution < 1.29 is 48.7 Å². The van der Waals surface area contributed by atoms with E-state index in [-0.39, 0.29) is 36.3 Å². The summed E-state index contributed by atoms with van der Waals surface area (Å²) in [5, 5.41) is 47.2. The molecule has 13 heteroatoms. The minimum Gasteiger partial charge on any atom is -0.510 e. The Hall–Kier alpha value is -4.75. The van der Waals surface area contributed by atoms with Gasteiger partial charge in [0.15, 0.2) is 11.4 Å². The van der Waals surface area contributed by atoms with E-state index in [9.17, 15) is 44.0 Å². The van der Waals surface area contributed by atoms with Crippen LogP contribution < -0.4 is 11.1 Å². The van der Waals surface area contributed by atoms with Gasteiger partial charge in [-0.25, -0.2) is 9.18 Å². The van der Waals surface area contributed by atoms with Crippen molar-refractivity contribution in [1.29, 1.82) is 0 Å². The van der Waals surface area contributed by atoms with E-state index in [0.29, 0.717) is 22.4 Å². The van der Waals surface area contributed by atoms with Crippen LogP contribution in [0.4, 0.5) is 14.9 Å². The maximum absolute atomic E-state index is 13.9. The summed E-state index contributed by atoms with van der Waals surface area (Å²) in [5.41, 5.74) is 3.44. The van der Waals surface area contributed by atoms with Gasteiger partial charge in [-0.3, -0.25) is 24.6 Å². The monoisotopic (exact) mass is 595 g/mol. The first-order valence-electron chi connectivity index (χ1n) is 13.4. The van der Waals surface area contributed by atoms with Gasteiger partial charge in [-0.05, 0) is 67.7 Å². The average Bonchev–Trinajstić information content (AvgIpc) is 2.94. The number of allylic oxidation sites excluding steroid dienone is 1. The van der Waals surface area contributed by atoms with Gasteiger partial charge in [0.1, 0.15) is 36.1 Å². The molecule has 0 spiro atoms. The molecule has 226 valence electrons.